The number of aryl methyl sites for hydroxylation is 1. The van der Waals surface area contributed by atoms with Crippen molar-refractivity contribution in [2.75, 3.05) is 11.9 Å². The summed E-state index contributed by atoms with van der Waals surface area (Å²) >= 11 is 0. The Morgan fingerprint density at radius 2 is 2.29 bits per heavy atom. The number of nitrogens with two attached hydrogens (primary N) is 1. The van der Waals surface area contributed by atoms with Crippen LogP contribution in [0.1, 0.15) is 25.5 Å². The van der Waals surface area contributed by atoms with Crippen molar-refractivity contribution in [3.8, 4) is 0 Å². The molecule has 3 N–H and O–H groups in total. The smallest absolute Gasteiger partial charge is 0.263 e. The molecule has 0 saturated heterocycles. The Kier molecular flexibility index (Phi) is 3.53. The fourth-order valence-electron chi connectivity index (χ4n) is 1.82. The van der Waals surface area contributed by atoms with Gasteiger partial charge in [-0.1, -0.05) is 18.5 Å². The van der Waals surface area contributed by atoms with E-state index in [-0.39, 0.29) is 6.04 Å². The topological polar surface area (TPSA) is 89.9 Å². The number of nitrogens with zero attached hydrogens (tertiary/aromatic N) is 3. The van der Waals surface area contributed by atoms with Crippen LogP contribution < -0.4 is 11.1 Å². The van der Waals surface area contributed by atoms with Crippen LogP contribution in [-0.2, 0) is 0 Å². The van der Waals surface area contributed by atoms with E-state index in [2.05, 4.69) is 27.4 Å². The van der Waals surface area contributed by atoms with Crippen LogP contribution in [0.3, 0.4) is 0 Å². The molecule has 2 aromatic rings. The van der Waals surface area contributed by atoms with E-state index in [9.17, 15) is 0 Å². The summed E-state index contributed by atoms with van der Waals surface area (Å²) in [6.07, 6.45) is 3.55. The number of hydrogen-bond donors (Lipinski definition) is 2. The normalized spacial score (nSPS) is 12.9. The monoisotopic (exact) mass is 235 g/mol. The highest BCUT2D eigenvalue weighted by molar-refractivity contribution is 5.87. The molecule has 92 valence electrons. The lowest BCUT2D eigenvalue weighted by Crippen LogP contribution is -2.29. The van der Waals surface area contributed by atoms with Crippen LogP contribution in [0.4, 0.5) is 5.82 Å². The molecule has 0 bridgehead atoms. The molecule has 2 aromatic heterocycles. The van der Waals surface area contributed by atoms with Gasteiger partial charge in [0.15, 0.2) is 0 Å². The Morgan fingerprint density at radius 3 is 3.00 bits per heavy atom. The van der Waals surface area contributed by atoms with Gasteiger partial charge in [0.2, 0.25) is 0 Å². The Labute approximate surface area is 99.6 Å². The first-order valence-corrected chi connectivity index (χ1v) is 5.79. The average Bonchev–Trinajstić information content (AvgIpc) is 2.72. The van der Waals surface area contributed by atoms with Crippen molar-refractivity contribution in [1.82, 2.24) is 15.1 Å². The number of nitrogens with one attached hydrogen (secondary N) is 1. The molecule has 1 unspecified atom stereocenters. The number of rotatable bonds is 5. The second-order valence-electron chi connectivity index (χ2n) is 4.04. The lowest BCUT2D eigenvalue weighted by molar-refractivity contribution is 0.442. The molecule has 0 aliphatic rings. The fraction of sp³-hybridized carbons (Fsp3) is 0.545. The predicted octanol–water partition coefficient (Wildman–Crippen LogP) is 1.47. The summed E-state index contributed by atoms with van der Waals surface area (Å²) in [5, 5.41) is 8.05. The summed E-state index contributed by atoms with van der Waals surface area (Å²) in [4.78, 5) is 8.26. The van der Waals surface area contributed by atoms with Gasteiger partial charge in [-0.25, -0.2) is 4.98 Å². The van der Waals surface area contributed by atoms with E-state index in [4.69, 9.17) is 10.3 Å². The highest BCUT2D eigenvalue weighted by Gasteiger charge is 2.14. The molecule has 0 spiro atoms. The van der Waals surface area contributed by atoms with Crippen LogP contribution in [0.5, 0.6) is 0 Å². The van der Waals surface area contributed by atoms with Crippen molar-refractivity contribution in [2.24, 2.45) is 5.73 Å². The number of aromatic nitrogens is 3. The molecule has 0 aliphatic heterocycles. The molecule has 0 fully saturated rings. The highest BCUT2D eigenvalue weighted by atomic mass is 16.5. The van der Waals surface area contributed by atoms with E-state index in [0.29, 0.717) is 12.3 Å². The van der Waals surface area contributed by atoms with Gasteiger partial charge in [0, 0.05) is 12.6 Å². The summed E-state index contributed by atoms with van der Waals surface area (Å²) in [7, 11) is 0. The van der Waals surface area contributed by atoms with Gasteiger partial charge in [-0.15, -0.1) is 0 Å². The molecule has 0 saturated carbocycles. The van der Waals surface area contributed by atoms with Crippen LogP contribution in [0.15, 0.2) is 10.9 Å². The summed E-state index contributed by atoms with van der Waals surface area (Å²) in [6.45, 7) is 4.58. The number of hydrogen-bond acceptors (Lipinski definition) is 6. The van der Waals surface area contributed by atoms with Gasteiger partial charge in [0.25, 0.3) is 5.71 Å². The second-order valence-corrected chi connectivity index (χ2v) is 4.04. The maximum Gasteiger partial charge on any atom is 0.263 e. The van der Waals surface area contributed by atoms with E-state index in [0.717, 1.165) is 29.7 Å². The van der Waals surface area contributed by atoms with Crippen molar-refractivity contribution < 1.29 is 4.52 Å². The molecule has 2 rings (SSSR count). The van der Waals surface area contributed by atoms with Gasteiger partial charge < -0.3 is 15.6 Å². The minimum Gasteiger partial charge on any atom is -0.365 e. The molecule has 6 heteroatoms. The van der Waals surface area contributed by atoms with Crippen molar-refractivity contribution in [2.45, 2.75) is 32.7 Å². The van der Waals surface area contributed by atoms with Crippen molar-refractivity contribution in [3.63, 3.8) is 0 Å². The zero-order chi connectivity index (χ0) is 12.3. The van der Waals surface area contributed by atoms with E-state index >= 15 is 0 Å². The van der Waals surface area contributed by atoms with Gasteiger partial charge in [-0.05, 0) is 13.3 Å². The quantitative estimate of drug-likeness (QED) is 0.815. The van der Waals surface area contributed by atoms with E-state index in [1.54, 1.807) is 0 Å². The highest BCUT2D eigenvalue weighted by Crippen LogP contribution is 2.23. The first kappa shape index (κ1) is 11.8. The molecule has 17 heavy (non-hydrogen) atoms. The third-order valence-electron chi connectivity index (χ3n) is 2.71. The van der Waals surface area contributed by atoms with Gasteiger partial charge in [-0.3, -0.25) is 0 Å². The van der Waals surface area contributed by atoms with Crippen molar-refractivity contribution in [3.05, 3.63) is 12.0 Å². The van der Waals surface area contributed by atoms with Crippen LogP contribution in [0.25, 0.3) is 11.1 Å². The largest absolute Gasteiger partial charge is 0.365 e. The van der Waals surface area contributed by atoms with Gasteiger partial charge >= 0.3 is 0 Å². The van der Waals surface area contributed by atoms with Crippen LogP contribution in [0, 0.1) is 6.92 Å². The second kappa shape index (κ2) is 5.09. The maximum absolute atomic E-state index is 5.72. The molecule has 0 amide bonds. The Balaban J connectivity index is 2.31. The summed E-state index contributed by atoms with van der Waals surface area (Å²) < 4.78 is 5.09. The van der Waals surface area contributed by atoms with E-state index in [1.807, 2.05) is 6.92 Å². The maximum atomic E-state index is 5.72. The fourth-order valence-corrected chi connectivity index (χ4v) is 1.82. The molecule has 6 nitrogen and oxygen atoms in total. The molecule has 2 heterocycles. The molecular weight excluding hydrogens is 218 g/mol. The first-order chi connectivity index (χ1) is 8.26. The average molecular weight is 235 g/mol. The molecule has 0 radical (unpaired) electrons. The van der Waals surface area contributed by atoms with Crippen LogP contribution in [0.2, 0.25) is 0 Å². The van der Waals surface area contributed by atoms with Crippen LogP contribution in [-0.4, -0.2) is 27.7 Å². The lowest BCUT2D eigenvalue weighted by Gasteiger charge is -2.16. The van der Waals surface area contributed by atoms with Gasteiger partial charge in [-0.2, -0.15) is 4.98 Å². The standard InChI is InChI=1S/C11H17N5O/c1-3-4-8(5-12)15-10-9-7(2)16-17-11(9)14-6-13-10/h6,8H,3-5,12H2,1-2H3,(H,13,14,15). The minimum absolute atomic E-state index is 0.215. The van der Waals surface area contributed by atoms with Gasteiger partial charge in [0.1, 0.15) is 17.5 Å². The Hall–Kier alpha value is -1.69. The third-order valence-corrected chi connectivity index (χ3v) is 2.71. The summed E-state index contributed by atoms with van der Waals surface area (Å²) in [5.74, 6) is 0.748. The minimum atomic E-state index is 0.215. The predicted molar refractivity (Wildman–Crippen MR) is 65.7 cm³/mol. The van der Waals surface area contributed by atoms with Crippen molar-refractivity contribution >= 4 is 16.9 Å². The van der Waals surface area contributed by atoms with Crippen molar-refractivity contribution in [1.29, 1.82) is 0 Å². The molecular formula is C11H17N5O. The first-order valence-electron chi connectivity index (χ1n) is 5.79. The summed E-state index contributed by atoms with van der Waals surface area (Å²) in [6, 6.07) is 0.215. The summed E-state index contributed by atoms with van der Waals surface area (Å²) in [5.41, 5.74) is 7.01. The molecule has 1 atom stereocenters. The Morgan fingerprint density at radius 1 is 1.47 bits per heavy atom. The Bertz CT molecular complexity index is 496. The lowest BCUT2D eigenvalue weighted by atomic mass is 10.1. The number of fused-ring (bicyclic) bond motifs is 1. The molecule has 0 aliphatic carbocycles. The third kappa shape index (κ3) is 2.36. The van der Waals surface area contributed by atoms with E-state index < -0.39 is 0 Å². The van der Waals surface area contributed by atoms with Crippen LogP contribution >= 0.6 is 0 Å². The number of anilines is 1. The molecule has 0 aromatic carbocycles. The van der Waals surface area contributed by atoms with Gasteiger partial charge in [0.05, 0.1) is 5.69 Å². The zero-order valence-electron chi connectivity index (χ0n) is 10.1. The zero-order valence-corrected chi connectivity index (χ0v) is 10.1. The van der Waals surface area contributed by atoms with E-state index in [1.165, 1.54) is 6.33 Å². The SMILES string of the molecule is CCCC(CN)Nc1ncnc2onc(C)c12.